The maximum atomic E-state index is 13.4. The molecule has 0 spiro atoms. The molecule has 1 aromatic carbocycles. The molecule has 3 rings (SSSR count). The van der Waals surface area contributed by atoms with Gasteiger partial charge in [0.05, 0.1) is 17.9 Å². The van der Waals surface area contributed by atoms with Crippen LogP contribution in [-0.4, -0.2) is 55.3 Å². The molecule has 0 bridgehead atoms. The first-order valence-electron chi connectivity index (χ1n) is 8.00. The second-order valence-corrected chi connectivity index (χ2v) is 8.70. The van der Waals surface area contributed by atoms with E-state index in [2.05, 4.69) is 30.7 Å². The predicted molar refractivity (Wildman–Crippen MR) is 94.8 cm³/mol. The molecule has 5 N–H and O–H groups in total. The van der Waals surface area contributed by atoms with E-state index in [4.69, 9.17) is 4.78 Å². The molecule has 10 nitrogen and oxygen atoms in total. The van der Waals surface area contributed by atoms with Gasteiger partial charge in [-0.3, -0.25) is 8.99 Å². The Kier molecular flexibility index (Phi) is 5.28. The molecule has 0 saturated carbocycles. The number of benzene rings is 1. The second-order valence-electron chi connectivity index (χ2n) is 6.36. The number of hydrogen-bond acceptors (Lipinski definition) is 9. The molecule has 12 heteroatoms. The molecular weight excluding hydrogens is 379 g/mol. The van der Waals surface area contributed by atoms with Gasteiger partial charge in [-0.05, 0) is 40.0 Å². The van der Waals surface area contributed by atoms with Crippen LogP contribution in [0.25, 0.3) is 0 Å². The van der Waals surface area contributed by atoms with Gasteiger partial charge in [0.2, 0.25) is 5.82 Å². The average molecular weight is 398 g/mol. The van der Waals surface area contributed by atoms with Crippen molar-refractivity contribution < 1.29 is 23.5 Å². The molecule has 1 aromatic heterocycles. The maximum absolute atomic E-state index is 13.4. The molecule has 1 heterocycles. The van der Waals surface area contributed by atoms with Crippen LogP contribution in [0.5, 0.6) is 0 Å². The molecule has 0 radical (unpaired) electrons. The zero-order valence-electron chi connectivity index (χ0n) is 14.3. The fourth-order valence-corrected chi connectivity index (χ4v) is 3.67. The summed E-state index contributed by atoms with van der Waals surface area (Å²) in [6.07, 6.45) is 0.808. The number of aliphatic hydroxyl groups excluding tert-OH is 1. The number of rotatable bonds is 7. The molecule has 3 unspecified atom stereocenters. The number of halogens is 1. The first kappa shape index (κ1) is 19.0. The zero-order valence-corrected chi connectivity index (χ0v) is 15.2. The van der Waals surface area contributed by atoms with Crippen LogP contribution >= 0.6 is 0 Å². The van der Waals surface area contributed by atoms with Gasteiger partial charge in [0.1, 0.15) is 5.82 Å². The van der Waals surface area contributed by atoms with Gasteiger partial charge in [-0.15, -0.1) is 0 Å². The summed E-state index contributed by atoms with van der Waals surface area (Å²) in [6.45, 7) is -0.0545. The van der Waals surface area contributed by atoms with Crippen LogP contribution in [0.1, 0.15) is 22.9 Å². The Morgan fingerprint density at radius 3 is 3.04 bits per heavy atom. The van der Waals surface area contributed by atoms with Crippen molar-refractivity contribution in [3.8, 4) is 0 Å². The Morgan fingerprint density at radius 2 is 2.33 bits per heavy atom. The smallest absolute Gasteiger partial charge is 0.202 e. The van der Waals surface area contributed by atoms with Crippen LogP contribution in [0.2, 0.25) is 0 Å². The topological polar surface area (TPSA) is 157 Å². The van der Waals surface area contributed by atoms with Crippen molar-refractivity contribution in [2.75, 3.05) is 23.9 Å². The van der Waals surface area contributed by atoms with E-state index in [1.807, 2.05) is 0 Å². The fraction of sp³-hybridized carbons (Fsp3) is 0.400. The van der Waals surface area contributed by atoms with Crippen molar-refractivity contribution in [1.29, 1.82) is 4.78 Å². The predicted octanol–water partition coefficient (Wildman–Crippen LogP) is 0.681. The third-order valence-corrected chi connectivity index (χ3v) is 5.07. The van der Waals surface area contributed by atoms with Gasteiger partial charge in [-0.1, -0.05) is 11.2 Å². The van der Waals surface area contributed by atoms with Crippen LogP contribution in [0.3, 0.4) is 0 Å². The van der Waals surface area contributed by atoms with Gasteiger partial charge >= 0.3 is 0 Å². The number of aliphatic hydroxyl groups is 1. The maximum Gasteiger partial charge on any atom is 0.202 e. The summed E-state index contributed by atoms with van der Waals surface area (Å²) in [6, 6.07) is 4.23. The number of fused-ring (bicyclic) bond motifs is 1. The highest BCUT2D eigenvalue weighted by Gasteiger charge is 2.29. The van der Waals surface area contributed by atoms with Crippen LogP contribution in [-0.2, 0) is 16.1 Å². The Balaban J connectivity index is 1.66. The van der Waals surface area contributed by atoms with Crippen LogP contribution < -0.4 is 10.6 Å². The third kappa shape index (κ3) is 4.52. The van der Waals surface area contributed by atoms with Gasteiger partial charge in [0.15, 0.2) is 11.5 Å². The Labute approximate surface area is 154 Å². The lowest BCUT2D eigenvalue weighted by Crippen LogP contribution is -2.37. The van der Waals surface area contributed by atoms with E-state index >= 15 is 0 Å². The third-order valence-electron chi connectivity index (χ3n) is 4.05. The fourth-order valence-electron chi connectivity index (χ4n) is 2.81. The molecule has 1 aliphatic rings. The van der Waals surface area contributed by atoms with Crippen molar-refractivity contribution >= 4 is 21.4 Å². The first-order valence-corrected chi connectivity index (χ1v) is 10.1. The van der Waals surface area contributed by atoms with Crippen molar-refractivity contribution in [1.82, 2.24) is 15.6 Å². The first-order chi connectivity index (χ1) is 12.8. The number of anilines is 1. The van der Waals surface area contributed by atoms with E-state index in [0.29, 0.717) is 6.42 Å². The number of aromatic nitrogens is 2. The average Bonchev–Trinajstić information content (AvgIpc) is 3.03. The minimum atomic E-state index is -2.85. The molecule has 146 valence electrons. The normalized spacial score (nSPS) is 19.5. The highest BCUT2D eigenvalue weighted by molar-refractivity contribution is 7.91. The molecule has 3 atom stereocenters. The summed E-state index contributed by atoms with van der Waals surface area (Å²) >= 11 is 0. The van der Waals surface area contributed by atoms with Crippen LogP contribution in [0.4, 0.5) is 10.2 Å². The summed E-state index contributed by atoms with van der Waals surface area (Å²) in [5.41, 5.74) is 1.81. The van der Waals surface area contributed by atoms with Gasteiger partial charge in [0.25, 0.3) is 0 Å². The van der Waals surface area contributed by atoms with Crippen LogP contribution in [0, 0.1) is 10.6 Å². The summed E-state index contributed by atoms with van der Waals surface area (Å²) in [5, 5.41) is 35.3. The molecule has 0 aliphatic heterocycles. The summed E-state index contributed by atoms with van der Waals surface area (Å²) in [7, 11) is -2.85. The number of oxime groups is 1. The quantitative estimate of drug-likeness (QED) is 0.197. The van der Waals surface area contributed by atoms with E-state index in [0.717, 1.165) is 11.1 Å². The Hall–Kier alpha value is -2.73. The van der Waals surface area contributed by atoms with Crippen molar-refractivity contribution in [3.05, 3.63) is 40.8 Å². The van der Waals surface area contributed by atoms with E-state index < -0.39 is 15.8 Å². The molecule has 1 aliphatic carbocycles. The lowest BCUT2D eigenvalue weighted by molar-refractivity contribution is 0.211. The molecule has 27 heavy (non-hydrogen) atoms. The molecular formula is C15H19FN6O4S. The zero-order chi connectivity index (χ0) is 19.6. The van der Waals surface area contributed by atoms with Gasteiger partial charge < -0.3 is 20.9 Å². The lowest BCUT2D eigenvalue weighted by Gasteiger charge is -2.31. The number of nitrogens with one attached hydrogen (secondary N) is 3. The molecule has 0 saturated heterocycles. The highest BCUT2D eigenvalue weighted by atomic mass is 32.2. The summed E-state index contributed by atoms with van der Waals surface area (Å²) < 4.78 is 36.8. The minimum Gasteiger partial charge on any atom is -0.409 e. The van der Waals surface area contributed by atoms with Crippen molar-refractivity contribution in [3.63, 3.8) is 0 Å². The summed E-state index contributed by atoms with van der Waals surface area (Å²) in [4.78, 5) is 0. The monoisotopic (exact) mass is 398 g/mol. The van der Waals surface area contributed by atoms with Gasteiger partial charge in [-0.2, -0.15) is 0 Å². The minimum absolute atomic E-state index is 0.0343. The second kappa shape index (κ2) is 7.48. The van der Waals surface area contributed by atoms with Gasteiger partial charge in [0, 0.05) is 22.5 Å². The number of nitrogens with zero attached hydrogens (tertiary/aromatic N) is 3. The molecule has 2 aromatic rings. The van der Waals surface area contributed by atoms with Gasteiger partial charge in [-0.25, -0.2) is 9.02 Å². The van der Waals surface area contributed by atoms with E-state index in [1.54, 1.807) is 6.07 Å². The van der Waals surface area contributed by atoms with E-state index in [-0.39, 0.29) is 41.5 Å². The number of amidine groups is 1. The Bertz CT molecular complexity index is 961. The SMILES string of the molecule is CS(=N)(=O)CC(O)CNc1nonc1C(=NO)NC1Cc2ccc(F)cc21. The molecule has 0 fully saturated rings. The van der Waals surface area contributed by atoms with Crippen molar-refractivity contribution in [2.24, 2.45) is 5.16 Å². The van der Waals surface area contributed by atoms with E-state index in [9.17, 15) is 18.9 Å². The molecule has 0 amide bonds. The highest BCUT2D eigenvalue weighted by Crippen LogP contribution is 2.33. The number of hydrogen-bond donors (Lipinski definition) is 5. The summed E-state index contributed by atoms with van der Waals surface area (Å²) in [5.74, 6) is -0.498. The lowest BCUT2D eigenvalue weighted by atomic mass is 9.83. The van der Waals surface area contributed by atoms with Crippen molar-refractivity contribution in [2.45, 2.75) is 18.6 Å². The Morgan fingerprint density at radius 1 is 1.56 bits per heavy atom. The van der Waals surface area contributed by atoms with Crippen LogP contribution in [0.15, 0.2) is 28.0 Å². The van der Waals surface area contributed by atoms with E-state index in [1.165, 1.54) is 18.4 Å². The largest absolute Gasteiger partial charge is 0.409 e. The standard InChI is InChI=1S/C15H19FN6O4S/c1-27(17,25)7-10(23)6-18-14-13(21-26-22-14)15(20-24)19-12-4-8-2-3-9(16)5-11(8)12/h2-3,5,10,12,17,23-24H,4,6-7H2,1H3,(H,18,22)(H,19,20).